The van der Waals surface area contributed by atoms with Crippen molar-refractivity contribution in [2.75, 3.05) is 5.43 Å². The Morgan fingerprint density at radius 1 is 1.04 bits per heavy atom. The number of hydrazine groups is 1. The quantitative estimate of drug-likeness (QED) is 0.347. The smallest absolute Gasteiger partial charge is 0.284 e. The third kappa shape index (κ3) is 4.53. The van der Waals surface area contributed by atoms with E-state index in [1.165, 1.54) is 12.1 Å². The van der Waals surface area contributed by atoms with E-state index < -0.39 is 4.92 Å². The Balaban J connectivity index is 1.94. The van der Waals surface area contributed by atoms with E-state index in [-0.39, 0.29) is 17.3 Å². The topological polar surface area (TPSA) is 109 Å². The van der Waals surface area contributed by atoms with Gasteiger partial charge < -0.3 is 0 Å². The lowest BCUT2D eigenvalue weighted by molar-refractivity contribution is -0.384. The van der Waals surface area contributed by atoms with Gasteiger partial charge >= 0.3 is 0 Å². The van der Waals surface area contributed by atoms with E-state index >= 15 is 0 Å². The molecule has 0 aliphatic carbocycles. The van der Waals surface area contributed by atoms with E-state index in [0.717, 1.165) is 0 Å². The zero-order valence-corrected chi connectivity index (χ0v) is 12.3. The number of hydrogen-bond acceptors (Lipinski definition) is 5. The molecule has 23 heavy (non-hydrogen) atoms. The summed E-state index contributed by atoms with van der Waals surface area (Å²) in [7, 11) is 0. The number of anilines is 1. The molecule has 0 aromatic heterocycles. The highest BCUT2D eigenvalue weighted by molar-refractivity contribution is 5.95. The molecule has 118 valence electrons. The summed E-state index contributed by atoms with van der Waals surface area (Å²) in [5.41, 5.74) is 8.36. The van der Waals surface area contributed by atoms with E-state index in [9.17, 15) is 14.9 Å². The summed E-state index contributed by atoms with van der Waals surface area (Å²) in [6.45, 7) is 1.60. The molecule has 1 amide bonds. The van der Waals surface area contributed by atoms with Gasteiger partial charge in [0.2, 0.25) is 0 Å². The molecule has 0 aliphatic heterocycles. The van der Waals surface area contributed by atoms with Crippen LogP contribution in [-0.4, -0.2) is 16.7 Å². The highest BCUT2D eigenvalue weighted by Crippen LogP contribution is 2.22. The Morgan fingerprint density at radius 2 is 1.70 bits per heavy atom. The highest BCUT2D eigenvalue weighted by Gasteiger charge is 2.11. The van der Waals surface area contributed by atoms with E-state index in [0.29, 0.717) is 11.4 Å². The maximum absolute atomic E-state index is 11.8. The van der Waals surface area contributed by atoms with Crippen molar-refractivity contribution in [2.24, 2.45) is 5.10 Å². The fourth-order valence-electron chi connectivity index (χ4n) is 1.71. The number of carbonyl (C=O) groups is 1. The first-order valence-electron chi connectivity index (χ1n) is 6.73. The summed E-state index contributed by atoms with van der Waals surface area (Å²) in [4.78, 5) is 22.2. The molecule has 0 saturated carbocycles. The first kappa shape index (κ1) is 16.0. The summed E-state index contributed by atoms with van der Waals surface area (Å²) < 4.78 is 0. The van der Waals surface area contributed by atoms with Crippen LogP contribution in [0.5, 0.6) is 0 Å². The number of hydrazone groups is 1. The zero-order valence-electron chi connectivity index (χ0n) is 12.3. The number of rotatable bonds is 4. The third-order valence-corrected chi connectivity index (χ3v) is 2.84. The maximum atomic E-state index is 11.8. The van der Waals surface area contributed by atoms with Crippen LogP contribution in [0.15, 0.2) is 59.7 Å². The second-order valence-corrected chi connectivity index (χ2v) is 4.53. The molecule has 0 heterocycles. The van der Waals surface area contributed by atoms with Gasteiger partial charge in [-0.3, -0.25) is 31.2 Å². The third-order valence-electron chi connectivity index (χ3n) is 2.84. The SMILES string of the molecule is C/C(=N/Nc1ccccc1[N+](=O)[O-])NNC(=O)c1ccccc1. The van der Waals surface area contributed by atoms with Gasteiger partial charge in [0.25, 0.3) is 11.6 Å². The molecule has 0 fully saturated rings. The van der Waals surface area contributed by atoms with Gasteiger partial charge in [0.05, 0.1) is 4.92 Å². The summed E-state index contributed by atoms with van der Waals surface area (Å²) >= 11 is 0. The summed E-state index contributed by atoms with van der Waals surface area (Å²) in [6.07, 6.45) is 0. The van der Waals surface area contributed by atoms with Crippen molar-refractivity contribution < 1.29 is 9.72 Å². The van der Waals surface area contributed by atoms with Crippen LogP contribution in [0.1, 0.15) is 17.3 Å². The first-order chi connectivity index (χ1) is 11.1. The van der Waals surface area contributed by atoms with E-state index in [1.807, 2.05) is 6.07 Å². The van der Waals surface area contributed by atoms with Gasteiger partial charge in [0, 0.05) is 11.6 Å². The molecule has 2 rings (SSSR count). The van der Waals surface area contributed by atoms with E-state index in [1.54, 1.807) is 43.3 Å². The summed E-state index contributed by atoms with van der Waals surface area (Å²) in [5.74, 6) is 0.0262. The molecular weight excluding hydrogens is 298 g/mol. The molecule has 8 nitrogen and oxygen atoms in total. The van der Waals surface area contributed by atoms with Gasteiger partial charge in [0.15, 0.2) is 0 Å². The Morgan fingerprint density at radius 3 is 2.39 bits per heavy atom. The van der Waals surface area contributed by atoms with Crippen LogP contribution < -0.4 is 16.3 Å². The fourth-order valence-corrected chi connectivity index (χ4v) is 1.71. The fraction of sp³-hybridized carbons (Fsp3) is 0.0667. The minimum atomic E-state index is -0.502. The van der Waals surface area contributed by atoms with E-state index in [4.69, 9.17) is 0 Å². The summed E-state index contributed by atoms with van der Waals surface area (Å²) in [6, 6.07) is 14.8. The highest BCUT2D eigenvalue weighted by atomic mass is 16.6. The average molecular weight is 313 g/mol. The molecule has 0 radical (unpaired) electrons. The minimum Gasteiger partial charge on any atom is -0.284 e. The average Bonchev–Trinajstić information content (AvgIpc) is 2.58. The predicted molar refractivity (Wildman–Crippen MR) is 86.9 cm³/mol. The van der Waals surface area contributed by atoms with Gasteiger partial charge in [0.1, 0.15) is 11.5 Å². The number of hydrogen-bond donors (Lipinski definition) is 3. The molecule has 0 bridgehead atoms. The van der Waals surface area contributed by atoms with Crippen LogP contribution in [0.25, 0.3) is 0 Å². The van der Waals surface area contributed by atoms with Crippen LogP contribution in [0, 0.1) is 10.1 Å². The minimum absolute atomic E-state index is 0.0858. The van der Waals surface area contributed by atoms with Gasteiger partial charge in [-0.25, -0.2) is 0 Å². The molecule has 8 heteroatoms. The number of amides is 1. The molecule has 0 atom stereocenters. The number of nitrogens with zero attached hydrogens (tertiary/aromatic N) is 2. The first-order valence-corrected chi connectivity index (χ1v) is 6.73. The standard InChI is InChI=1S/C15H15N5O3/c1-11(17-19-15(21)12-7-3-2-4-8-12)16-18-13-9-5-6-10-14(13)20(22)23/h2-10,18H,1H3,(H,16,17)(H,19,21). The van der Waals surface area contributed by atoms with Crippen molar-refractivity contribution in [1.82, 2.24) is 10.9 Å². The van der Waals surface area contributed by atoms with Gasteiger partial charge in [-0.1, -0.05) is 30.3 Å². The second kappa shape index (κ2) is 7.55. The second-order valence-electron chi connectivity index (χ2n) is 4.53. The molecule has 3 N–H and O–H groups in total. The van der Waals surface area contributed by atoms with Crippen LogP contribution in [0.3, 0.4) is 0 Å². The Kier molecular flexibility index (Phi) is 5.24. The van der Waals surface area contributed by atoms with E-state index in [2.05, 4.69) is 21.4 Å². The van der Waals surface area contributed by atoms with Crippen molar-refractivity contribution in [3.63, 3.8) is 0 Å². The number of carbonyl (C=O) groups excluding carboxylic acids is 1. The summed E-state index contributed by atoms with van der Waals surface area (Å²) in [5, 5.41) is 14.8. The van der Waals surface area contributed by atoms with Crippen molar-refractivity contribution in [1.29, 1.82) is 0 Å². The number of para-hydroxylation sites is 2. The Bertz CT molecular complexity index is 731. The number of nitrogens with one attached hydrogen (secondary N) is 3. The van der Waals surface area contributed by atoms with Crippen LogP contribution >= 0.6 is 0 Å². The lowest BCUT2D eigenvalue weighted by Crippen LogP contribution is -2.40. The largest absolute Gasteiger partial charge is 0.294 e. The van der Waals surface area contributed by atoms with Crippen LogP contribution in [0.4, 0.5) is 11.4 Å². The monoisotopic (exact) mass is 313 g/mol. The number of nitro benzene ring substituents is 1. The normalized spacial score (nSPS) is 10.7. The van der Waals surface area contributed by atoms with Crippen LogP contribution in [-0.2, 0) is 0 Å². The molecule has 0 aliphatic rings. The molecule has 0 saturated heterocycles. The molecule has 0 unspecified atom stereocenters. The van der Waals surface area contributed by atoms with Gasteiger partial charge in [-0.2, -0.15) is 5.10 Å². The molecular formula is C15H15N5O3. The predicted octanol–water partition coefficient (Wildman–Crippen LogP) is 2.27. The lowest BCUT2D eigenvalue weighted by Gasteiger charge is -2.08. The van der Waals surface area contributed by atoms with Crippen molar-refractivity contribution in [2.45, 2.75) is 6.92 Å². The number of nitro groups is 1. The Labute approximate surface area is 132 Å². The van der Waals surface area contributed by atoms with Crippen molar-refractivity contribution in [3.05, 3.63) is 70.3 Å². The molecule has 2 aromatic rings. The van der Waals surface area contributed by atoms with Crippen molar-refractivity contribution >= 4 is 23.1 Å². The number of amidine groups is 1. The maximum Gasteiger partial charge on any atom is 0.294 e. The molecule has 2 aromatic carbocycles. The Hall–Kier alpha value is -3.42. The van der Waals surface area contributed by atoms with Gasteiger partial charge in [-0.15, -0.1) is 0 Å². The van der Waals surface area contributed by atoms with Gasteiger partial charge in [-0.05, 0) is 25.1 Å². The van der Waals surface area contributed by atoms with Crippen molar-refractivity contribution in [3.8, 4) is 0 Å². The zero-order chi connectivity index (χ0) is 16.7. The lowest BCUT2D eigenvalue weighted by atomic mass is 10.2. The number of benzene rings is 2. The molecule has 0 spiro atoms. The van der Waals surface area contributed by atoms with Crippen LogP contribution in [0.2, 0.25) is 0 Å².